The van der Waals surface area contributed by atoms with E-state index < -0.39 is 0 Å². The van der Waals surface area contributed by atoms with Gasteiger partial charge in [0.05, 0.1) is 18.3 Å². The summed E-state index contributed by atoms with van der Waals surface area (Å²) in [6, 6.07) is 7.14. The average molecular weight is 260 g/mol. The first-order chi connectivity index (χ1) is 9.22. The van der Waals surface area contributed by atoms with Gasteiger partial charge in [-0.2, -0.15) is 0 Å². The van der Waals surface area contributed by atoms with Gasteiger partial charge in [-0.15, -0.1) is 0 Å². The topological polar surface area (TPSA) is 56.5 Å². The molecule has 1 heterocycles. The van der Waals surface area contributed by atoms with Gasteiger partial charge >= 0.3 is 5.97 Å². The second-order valence-electron chi connectivity index (χ2n) is 4.24. The fourth-order valence-electron chi connectivity index (χ4n) is 1.95. The van der Waals surface area contributed by atoms with Crippen molar-refractivity contribution in [1.82, 2.24) is 0 Å². The highest BCUT2D eigenvalue weighted by atomic mass is 16.5. The van der Waals surface area contributed by atoms with Crippen LogP contribution in [0.4, 0.5) is 0 Å². The van der Waals surface area contributed by atoms with Gasteiger partial charge in [-0.3, -0.25) is 9.59 Å². The van der Waals surface area contributed by atoms with E-state index in [4.69, 9.17) is 9.15 Å². The molecule has 0 spiro atoms. The summed E-state index contributed by atoms with van der Waals surface area (Å²) in [5.41, 5.74) is 1.16. The minimum atomic E-state index is -0.229. The summed E-state index contributed by atoms with van der Waals surface area (Å²) in [5.74, 6) is -0.229. The average Bonchev–Trinajstić information content (AvgIpc) is 2.42. The highest BCUT2D eigenvalue weighted by molar-refractivity contribution is 5.76. The van der Waals surface area contributed by atoms with Gasteiger partial charge in [0.25, 0.3) is 0 Å². The molecule has 0 amide bonds. The predicted octanol–water partition coefficient (Wildman–Crippen LogP) is 2.68. The largest absolute Gasteiger partial charge is 0.466 e. The van der Waals surface area contributed by atoms with E-state index >= 15 is 0 Å². The van der Waals surface area contributed by atoms with Crippen LogP contribution in [0.1, 0.15) is 25.3 Å². The molecule has 0 fully saturated rings. The lowest BCUT2D eigenvalue weighted by Crippen LogP contribution is -2.10. The number of hydrogen-bond donors (Lipinski definition) is 0. The third kappa shape index (κ3) is 3.22. The Bertz CT molecular complexity index is 627. The zero-order chi connectivity index (χ0) is 13.7. The SMILES string of the molecule is CCOC(=O)CCCc1coc2ccccc2c1=O. The molecule has 0 saturated heterocycles. The molecule has 19 heavy (non-hydrogen) atoms. The van der Waals surface area contributed by atoms with Crippen molar-refractivity contribution in [2.45, 2.75) is 26.2 Å². The number of esters is 1. The Morgan fingerprint density at radius 1 is 1.32 bits per heavy atom. The van der Waals surface area contributed by atoms with E-state index in [2.05, 4.69) is 0 Å². The second kappa shape index (κ2) is 6.18. The van der Waals surface area contributed by atoms with Crippen molar-refractivity contribution in [3.05, 3.63) is 46.3 Å². The maximum atomic E-state index is 12.2. The van der Waals surface area contributed by atoms with Gasteiger partial charge < -0.3 is 9.15 Å². The molecule has 4 heteroatoms. The third-order valence-electron chi connectivity index (χ3n) is 2.88. The Hall–Kier alpha value is -2.10. The zero-order valence-corrected chi connectivity index (χ0v) is 10.8. The van der Waals surface area contributed by atoms with Gasteiger partial charge in [-0.1, -0.05) is 12.1 Å². The number of fused-ring (bicyclic) bond motifs is 1. The molecule has 2 aromatic rings. The van der Waals surface area contributed by atoms with Crippen LogP contribution in [-0.2, 0) is 16.0 Å². The van der Waals surface area contributed by atoms with Crippen molar-refractivity contribution < 1.29 is 13.9 Å². The lowest BCUT2D eigenvalue weighted by Gasteiger charge is -2.03. The first-order valence-electron chi connectivity index (χ1n) is 6.37. The van der Waals surface area contributed by atoms with Crippen molar-refractivity contribution >= 4 is 16.9 Å². The van der Waals surface area contributed by atoms with E-state index in [-0.39, 0.29) is 11.4 Å². The lowest BCUT2D eigenvalue weighted by molar-refractivity contribution is -0.143. The molecule has 0 aliphatic heterocycles. The smallest absolute Gasteiger partial charge is 0.305 e. The molecule has 1 aromatic heterocycles. The molecule has 0 atom stereocenters. The van der Waals surface area contributed by atoms with E-state index in [1.165, 1.54) is 6.26 Å². The summed E-state index contributed by atoms with van der Waals surface area (Å²) < 4.78 is 10.3. The van der Waals surface area contributed by atoms with Crippen molar-refractivity contribution in [2.75, 3.05) is 6.61 Å². The van der Waals surface area contributed by atoms with Crippen LogP contribution in [0.5, 0.6) is 0 Å². The summed E-state index contributed by atoms with van der Waals surface area (Å²) >= 11 is 0. The number of carbonyl (C=O) groups is 1. The van der Waals surface area contributed by atoms with Crippen LogP contribution in [0.2, 0.25) is 0 Å². The first-order valence-corrected chi connectivity index (χ1v) is 6.37. The fourth-order valence-corrected chi connectivity index (χ4v) is 1.95. The lowest BCUT2D eigenvalue weighted by atomic mass is 10.1. The molecular weight excluding hydrogens is 244 g/mol. The van der Waals surface area contributed by atoms with Gasteiger partial charge in [-0.25, -0.2) is 0 Å². The van der Waals surface area contributed by atoms with Crippen LogP contribution in [-0.4, -0.2) is 12.6 Å². The summed E-state index contributed by atoms with van der Waals surface area (Å²) in [6.45, 7) is 2.16. The molecule has 0 aliphatic carbocycles. The highest BCUT2D eigenvalue weighted by Gasteiger charge is 2.08. The quantitative estimate of drug-likeness (QED) is 0.775. The van der Waals surface area contributed by atoms with Crippen LogP contribution < -0.4 is 5.43 Å². The van der Waals surface area contributed by atoms with Crippen molar-refractivity contribution in [1.29, 1.82) is 0 Å². The number of para-hydroxylation sites is 1. The molecule has 4 nitrogen and oxygen atoms in total. The Morgan fingerprint density at radius 3 is 2.89 bits per heavy atom. The monoisotopic (exact) mass is 260 g/mol. The Labute approximate surface area is 111 Å². The van der Waals surface area contributed by atoms with E-state index in [0.29, 0.717) is 42.4 Å². The summed E-state index contributed by atoms with van der Waals surface area (Å²) in [4.78, 5) is 23.4. The number of benzene rings is 1. The van der Waals surface area contributed by atoms with Gasteiger partial charge in [-0.05, 0) is 31.9 Å². The van der Waals surface area contributed by atoms with E-state index in [1.54, 1.807) is 19.1 Å². The minimum absolute atomic E-state index is 0.0225. The van der Waals surface area contributed by atoms with E-state index in [0.717, 1.165) is 0 Å². The number of hydrogen-bond acceptors (Lipinski definition) is 4. The number of aryl methyl sites for hydroxylation is 1. The molecule has 100 valence electrons. The van der Waals surface area contributed by atoms with Crippen LogP contribution in [0.25, 0.3) is 11.0 Å². The van der Waals surface area contributed by atoms with Crippen molar-refractivity contribution in [3.8, 4) is 0 Å². The molecule has 2 rings (SSSR count). The molecule has 1 aromatic carbocycles. The summed E-state index contributed by atoms with van der Waals surface area (Å²) in [7, 11) is 0. The number of ether oxygens (including phenoxy) is 1. The second-order valence-corrected chi connectivity index (χ2v) is 4.24. The van der Waals surface area contributed by atoms with E-state index in [1.807, 2.05) is 12.1 Å². The number of carbonyl (C=O) groups excluding carboxylic acids is 1. The Balaban J connectivity index is 2.07. The molecule has 0 saturated carbocycles. The van der Waals surface area contributed by atoms with Gasteiger partial charge in [0.1, 0.15) is 5.58 Å². The zero-order valence-electron chi connectivity index (χ0n) is 10.8. The minimum Gasteiger partial charge on any atom is -0.466 e. The molecule has 0 radical (unpaired) electrons. The molecule has 0 N–H and O–H groups in total. The van der Waals surface area contributed by atoms with Crippen LogP contribution in [0.15, 0.2) is 39.7 Å². The molecule has 0 aliphatic rings. The Morgan fingerprint density at radius 2 is 2.11 bits per heavy atom. The molecular formula is C15H16O4. The highest BCUT2D eigenvalue weighted by Crippen LogP contribution is 2.11. The van der Waals surface area contributed by atoms with Crippen molar-refractivity contribution in [2.24, 2.45) is 0 Å². The maximum absolute atomic E-state index is 12.2. The van der Waals surface area contributed by atoms with Gasteiger partial charge in [0.15, 0.2) is 5.43 Å². The van der Waals surface area contributed by atoms with Gasteiger partial charge in [0.2, 0.25) is 0 Å². The summed E-state index contributed by atoms with van der Waals surface area (Å²) in [5, 5.41) is 0.580. The van der Waals surface area contributed by atoms with Crippen LogP contribution in [0.3, 0.4) is 0 Å². The van der Waals surface area contributed by atoms with Crippen LogP contribution >= 0.6 is 0 Å². The van der Waals surface area contributed by atoms with Crippen LogP contribution in [0, 0.1) is 0 Å². The molecule has 0 unspecified atom stereocenters. The fraction of sp³-hybridized carbons (Fsp3) is 0.333. The first kappa shape index (κ1) is 13.3. The summed E-state index contributed by atoms with van der Waals surface area (Å²) in [6.07, 6.45) is 2.91. The molecule has 0 bridgehead atoms. The van der Waals surface area contributed by atoms with Gasteiger partial charge in [0, 0.05) is 12.0 Å². The Kier molecular flexibility index (Phi) is 4.34. The standard InChI is InChI=1S/C15H16O4/c1-2-18-14(16)9-5-6-11-10-19-13-8-4-3-7-12(13)15(11)17/h3-4,7-8,10H,2,5-6,9H2,1H3. The maximum Gasteiger partial charge on any atom is 0.305 e. The third-order valence-corrected chi connectivity index (χ3v) is 2.88. The number of rotatable bonds is 5. The van der Waals surface area contributed by atoms with E-state index in [9.17, 15) is 9.59 Å². The normalized spacial score (nSPS) is 10.6. The van der Waals surface area contributed by atoms with Crippen molar-refractivity contribution in [3.63, 3.8) is 0 Å². The predicted molar refractivity (Wildman–Crippen MR) is 72.1 cm³/mol.